The number of hydrogen-bond acceptors (Lipinski definition) is 4. The summed E-state index contributed by atoms with van der Waals surface area (Å²) in [4.78, 5) is 24.0. The van der Waals surface area contributed by atoms with Crippen molar-refractivity contribution in [2.24, 2.45) is 11.3 Å². The quantitative estimate of drug-likeness (QED) is 0.532. The van der Waals surface area contributed by atoms with Crippen LogP contribution in [0.3, 0.4) is 0 Å². The van der Waals surface area contributed by atoms with E-state index in [1.54, 1.807) is 20.8 Å². The van der Waals surface area contributed by atoms with Gasteiger partial charge in [0.15, 0.2) is 5.78 Å². The van der Waals surface area contributed by atoms with Crippen LogP contribution in [-0.2, 0) is 19.1 Å². The molecule has 2 unspecified atom stereocenters. The smallest absolute Gasteiger partial charge is 0.319 e. The van der Waals surface area contributed by atoms with Gasteiger partial charge in [-0.1, -0.05) is 26.2 Å². The highest BCUT2D eigenvalue weighted by Gasteiger charge is 2.38. The number of carbonyl (C=O) groups is 2. The standard InChI is InChI=1S/C16H28O4/c1-5-12-9-7-8-10-13(12)20-11-14(17)16(3,4)15(18)19-6-2/h12-13H,5-11H2,1-4H3. The van der Waals surface area contributed by atoms with E-state index in [4.69, 9.17) is 9.47 Å². The minimum atomic E-state index is -1.12. The predicted octanol–water partition coefficient (Wildman–Crippen LogP) is 3.13. The van der Waals surface area contributed by atoms with Crippen molar-refractivity contribution in [3.8, 4) is 0 Å². The lowest BCUT2D eigenvalue weighted by molar-refractivity contribution is -0.160. The Balaban J connectivity index is 2.51. The van der Waals surface area contributed by atoms with Gasteiger partial charge in [0.1, 0.15) is 12.0 Å². The molecular formula is C16H28O4. The van der Waals surface area contributed by atoms with Crippen molar-refractivity contribution in [1.82, 2.24) is 0 Å². The van der Waals surface area contributed by atoms with Crippen molar-refractivity contribution in [1.29, 1.82) is 0 Å². The average molecular weight is 284 g/mol. The molecule has 1 aliphatic rings. The molecule has 0 N–H and O–H groups in total. The topological polar surface area (TPSA) is 52.6 Å². The fraction of sp³-hybridized carbons (Fsp3) is 0.875. The second-order valence-corrected chi connectivity index (χ2v) is 6.07. The highest BCUT2D eigenvalue weighted by Crippen LogP contribution is 2.29. The van der Waals surface area contributed by atoms with Crippen molar-refractivity contribution < 1.29 is 19.1 Å². The van der Waals surface area contributed by atoms with Crippen LogP contribution in [0.2, 0.25) is 0 Å². The second-order valence-electron chi connectivity index (χ2n) is 6.07. The molecule has 0 aromatic rings. The van der Waals surface area contributed by atoms with E-state index in [2.05, 4.69) is 6.92 Å². The number of Topliss-reactive ketones (excluding diaryl/α,β-unsaturated/α-hetero) is 1. The lowest BCUT2D eigenvalue weighted by Crippen LogP contribution is -2.39. The largest absolute Gasteiger partial charge is 0.465 e. The van der Waals surface area contributed by atoms with Gasteiger partial charge in [-0.2, -0.15) is 0 Å². The molecule has 0 aliphatic heterocycles. The van der Waals surface area contributed by atoms with Crippen LogP contribution >= 0.6 is 0 Å². The third kappa shape index (κ3) is 4.30. The molecule has 0 aromatic carbocycles. The normalized spacial score (nSPS) is 23.4. The molecule has 0 amide bonds. The maximum Gasteiger partial charge on any atom is 0.319 e. The molecule has 4 nitrogen and oxygen atoms in total. The molecule has 4 heteroatoms. The summed E-state index contributed by atoms with van der Waals surface area (Å²) in [5.74, 6) is -0.122. The molecule has 0 spiro atoms. The molecule has 0 heterocycles. The first-order chi connectivity index (χ1) is 9.43. The molecular weight excluding hydrogens is 256 g/mol. The van der Waals surface area contributed by atoms with E-state index in [0.717, 1.165) is 19.3 Å². The van der Waals surface area contributed by atoms with Crippen LogP contribution in [0.4, 0.5) is 0 Å². The second kappa shape index (κ2) is 7.77. The first-order valence-electron chi connectivity index (χ1n) is 7.75. The molecule has 20 heavy (non-hydrogen) atoms. The van der Waals surface area contributed by atoms with Gasteiger partial charge >= 0.3 is 5.97 Å². The van der Waals surface area contributed by atoms with E-state index in [0.29, 0.717) is 5.92 Å². The number of ether oxygens (including phenoxy) is 2. The monoisotopic (exact) mass is 284 g/mol. The van der Waals surface area contributed by atoms with Crippen molar-refractivity contribution in [3.05, 3.63) is 0 Å². The fourth-order valence-corrected chi connectivity index (χ4v) is 2.65. The zero-order valence-corrected chi connectivity index (χ0v) is 13.2. The minimum absolute atomic E-state index is 0.00693. The van der Waals surface area contributed by atoms with E-state index in [-0.39, 0.29) is 25.1 Å². The zero-order valence-electron chi connectivity index (χ0n) is 13.2. The highest BCUT2D eigenvalue weighted by molar-refractivity contribution is 6.03. The third-order valence-corrected chi connectivity index (χ3v) is 4.28. The van der Waals surface area contributed by atoms with Gasteiger partial charge in [0.05, 0.1) is 12.7 Å². The van der Waals surface area contributed by atoms with Crippen LogP contribution in [0, 0.1) is 11.3 Å². The fourth-order valence-electron chi connectivity index (χ4n) is 2.65. The minimum Gasteiger partial charge on any atom is -0.465 e. The Labute approximate surface area is 122 Å². The molecule has 0 saturated heterocycles. The van der Waals surface area contributed by atoms with Crippen molar-refractivity contribution in [2.75, 3.05) is 13.2 Å². The van der Waals surface area contributed by atoms with E-state index in [9.17, 15) is 9.59 Å². The van der Waals surface area contributed by atoms with Crippen molar-refractivity contribution in [3.63, 3.8) is 0 Å². The van der Waals surface area contributed by atoms with Crippen molar-refractivity contribution in [2.45, 2.75) is 65.9 Å². The summed E-state index contributed by atoms with van der Waals surface area (Å²) < 4.78 is 10.8. The Kier molecular flexibility index (Phi) is 6.66. The zero-order chi connectivity index (χ0) is 15.2. The maximum atomic E-state index is 12.2. The third-order valence-electron chi connectivity index (χ3n) is 4.28. The summed E-state index contributed by atoms with van der Waals surface area (Å²) in [6.45, 7) is 7.41. The number of rotatable bonds is 7. The Morgan fingerprint density at radius 3 is 2.40 bits per heavy atom. The van der Waals surface area contributed by atoms with Crippen LogP contribution in [0.1, 0.15) is 59.8 Å². The maximum absolute atomic E-state index is 12.2. The predicted molar refractivity (Wildman–Crippen MR) is 77.4 cm³/mol. The molecule has 1 fully saturated rings. The summed E-state index contributed by atoms with van der Waals surface area (Å²) in [5.41, 5.74) is -1.12. The van der Waals surface area contributed by atoms with Gasteiger partial charge < -0.3 is 9.47 Å². The summed E-state index contributed by atoms with van der Waals surface area (Å²) >= 11 is 0. The lowest BCUT2D eigenvalue weighted by atomic mass is 9.84. The Morgan fingerprint density at radius 2 is 1.80 bits per heavy atom. The molecule has 0 radical (unpaired) electrons. The summed E-state index contributed by atoms with van der Waals surface area (Å²) in [7, 11) is 0. The first kappa shape index (κ1) is 17.2. The summed E-state index contributed by atoms with van der Waals surface area (Å²) in [6.07, 6.45) is 5.86. The molecule has 0 aromatic heterocycles. The molecule has 0 bridgehead atoms. The van der Waals surface area contributed by atoms with Crippen LogP contribution in [0.5, 0.6) is 0 Å². The Hall–Kier alpha value is -0.900. The van der Waals surface area contributed by atoms with Gasteiger partial charge in [0.2, 0.25) is 0 Å². The average Bonchev–Trinajstić information content (AvgIpc) is 2.45. The van der Waals surface area contributed by atoms with Crippen LogP contribution < -0.4 is 0 Å². The Bertz CT molecular complexity index is 335. The summed E-state index contributed by atoms with van der Waals surface area (Å²) in [6, 6.07) is 0. The van der Waals surface area contributed by atoms with Gasteiger partial charge in [0.25, 0.3) is 0 Å². The van der Waals surface area contributed by atoms with Gasteiger partial charge in [0, 0.05) is 0 Å². The van der Waals surface area contributed by atoms with E-state index < -0.39 is 11.4 Å². The molecule has 116 valence electrons. The molecule has 1 saturated carbocycles. The number of ketones is 1. The van der Waals surface area contributed by atoms with Gasteiger partial charge in [-0.05, 0) is 39.5 Å². The molecule has 2 atom stereocenters. The first-order valence-corrected chi connectivity index (χ1v) is 7.75. The number of esters is 1. The number of carbonyl (C=O) groups excluding carboxylic acids is 2. The van der Waals surface area contributed by atoms with Crippen LogP contribution in [0.15, 0.2) is 0 Å². The molecule has 1 rings (SSSR count). The Morgan fingerprint density at radius 1 is 1.15 bits per heavy atom. The van der Waals surface area contributed by atoms with E-state index in [1.165, 1.54) is 12.8 Å². The van der Waals surface area contributed by atoms with E-state index >= 15 is 0 Å². The van der Waals surface area contributed by atoms with Crippen LogP contribution in [0.25, 0.3) is 0 Å². The highest BCUT2D eigenvalue weighted by atomic mass is 16.5. The van der Waals surface area contributed by atoms with Gasteiger partial charge in [-0.3, -0.25) is 9.59 Å². The SMILES string of the molecule is CCOC(=O)C(C)(C)C(=O)COC1CCCCC1CC. The van der Waals surface area contributed by atoms with E-state index in [1.807, 2.05) is 0 Å². The summed E-state index contributed by atoms with van der Waals surface area (Å²) in [5, 5.41) is 0. The van der Waals surface area contributed by atoms with Crippen molar-refractivity contribution >= 4 is 11.8 Å². The van der Waals surface area contributed by atoms with Gasteiger partial charge in [-0.25, -0.2) is 0 Å². The molecule has 1 aliphatic carbocycles. The lowest BCUT2D eigenvalue weighted by Gasteiger charge is -2.31. The van der Waals surface area contributed by atoms with Crippen LogP contribution in [-0.4, -0.2) is 31.1 Å². The number of hydrogen-bond donors (Lipinski definition) is 0. The van der Waals surface area contributed by atoms with Gasteiger partial charge in [-0.15, -0.1) is 0 Å².